The normalized spacial score (nSPS) is 17.6. The van der Waals surface area contributed by atoms with Crippen molar-refractivity contribution < 1.29 is 14.3 Å². The van der Waals surface area contributed by atoms with E-state index in [0.717, 1.165) is 0 Å². The molecule has 1 aliphatic heterocycles. The number of hydrogen-bond acceptors (Lipinski definition) is 4. The lowest BCUT2D eigenvalue weighted by molar-refractivity contribution is -0.130. The first-order valence-corrected chi connectivity index (χ1v) is 6.92. The third kappa shape index (κ3) is 3.06. The summed E-state index contributed by atoms with van der Waals surface area (Å²) in [4.78, 5) is 12.5. The van der Waals surface area contributed by atoms with Gasteiger partial charge in [0, 0.05) is 31.5 Å². The summed E-state index contributed by atoms with van der Waals surface area (Å²) in [6, 6.07) is 5.13. The van der Waals surface area contributed by atoms with Crippen LogP contribution in [0.15, 0.2) is 18.2 Å². The van der Waals surface area contributed by atoms with Crippen LogP contribution >= 0.6 is 11.6 Å². The number of nitrogens with two attached hydrogens (primary N) is 1. The molecule has 0 atom stereocenters. The molecule has 0 aliphatic carbocycles. The summed E-state index contributed by atoms with van der Waals surface area (Å²) >= 11 is 5.96. The molecule has 1 amide bonds. The summed E-state index contributed by atoms with van der Waals surface area (Å²) < 4.78 is 10.4. The van der Waals surface area contributed by atoms with Crippen LogP contribution in [0.2, 0.25) is 5.02 Å². The van der Waals surface area contributed by atoms with E-state index in [4.69, 9.17) is 26.8 Å². The Balaban J connectivity index is 2.14. The summed E-state index contributed by atoms with van der Waals surface area (Å²) in [5.41, 5.74) is 5.91. The molecule has 0 unspecified atom stereocenters. The van der Waals surface area contributed by atoms with Gasteiger partial charge in [-0.05, 0) is 25.0 Å². The smallest absolute Gasteiger partial charge is 0.232 e. The van der Waals surface area contributed by atoms with Crippen LogP contribution in [-0.2, 0) is 9.53 Å². The molecule has 0 radical (unpaired) electrons. The molecule has 1 aliphatic rings. The maximum Gasteiger partial charge on any atom is 0.232 e. The van der Waals surface area contributed by atoms with Crippen molar-refractivity contribution >= 4 is 23.2 Å². The maximum absolute atomic E-state index is 12.5. The summed E-state index contributed by atoms with van der Waals surface area (Å²) in [6.07, 6.45) is 1.28. The highest BCUT2D eigenvalue weighted by Crippen LogP contribution is 2.32. The van der Waals surface area contributed by atoms with E-state index in [1.807, 2.05) is 0 Å². The number of anilines is 1. The molecule has 5 nitrogen and oxygen atoms in total. The van der Waals surface area contributed by atoms with Gasteiger partial charge in [0.15, 0.2) is 0 Å². The minimum absolute atomic E-state index is 0.0762. The fourth-order valence-corrected chi connectivity index (χ4v) is 2.48. The van der Waals surface area contributed by atoms with Gasteiger partial charge >= 0.3 is 0 Å². The Morgan fingerprint density at radius 1 is 1.50 bits per heavy atom. The number of benzene rings is 1. The third-order valence-corrected chi connectivity index (χ3v) is 4.04. The molecular formula is C14H19ClN2O3. The summed E-state index contributed by atoms with van der Waals surface area (Å²) in [6.45, 7) is 1.44. The molecule has 1 fully saturated rings. The van der Waals surface area contributed by atoms with Crippen LogP contribution < -0.4 is 15.8 Å². The zero-order valence-corrected chi connectivity index (χ0v) is 12.2. The van der Waals surface area contributed by atoms with E-state index in [9.17, 15) is 4.79 Å². The molecular weight excluding hydrogens is 280 g/mol. The number of rotatable bonds is 4. The molecule has 110 valence electrons. The lowest BCUT2D eigenvalue weighted by atomic mass is 9.79. The average Bonchev–Trinajstić information content (AvgIpc) is 2.49. The van der Waals surface area contributed by atoms with E-state index in [0.29, 0.717) is 49.1 Å². The van der Waals surface area contributed by atoms with Crippen LogP contribution in [0.4, 0.5) is 5.69 Å². The van der Waals surface area contributed by atoms with Gasteiger partial charge in [0.05, 0.1) is 17.5 Å². The summed E-state index contributed by atoms with van der Waals surface area (Å²) in [5, 5.41) is 3.40. The van der Waals surface area contributed by atoms with Crippen LogP contribution in [0.25, 0.3) is 0 Å². The number of methoxy groups -OCH3 is 1. The number of carbonyl (C=O) groups is 1. The monoisotopic (exact) mass is 298 g/mol. The predicted octanol–water partition coefficient (Wildman–Crippen LogP) is 2.04. The number of amides is 1. The second-order valence-electron chi connectivity index (χ2n) is 4.90. The van der Waals surface area contributed by atoms with Crippen molar-refractivity contribution in [2.45, 2.75) is 12.8 Å². The molecule has 2 rings (SSSR count). The minimum atomic E-state index is -0.550. The molecule has 1 heterocycles. The lowest BCUT2D eigenvalue weighted by Gasteiger charge is -2.34. The molecule has 6 heteroatoms. The first-order chi connectivity index (χ1) is 9.61. The fraction of sp³-hybridized carbons (Fsp3) is 0.500. The largest absolute Gasteiger partial charge is 0.495 e. The van der Waals surface area contributed by atoms with Gasteiger partial charge in [0.25, 0.3) is 0 Å². The summed E-state index contributed by atoms with van der Waals surface area (Å²) in [7, 11) is 1.53. The van der Waals surface area contributed by atoms with Gasteiger partial charge in [0.2, 0.25) is 5.91 Å². The zero-order valence-electron chi connectivity index (χ0n) is 11.4. The molecule has 20 heavy (non-hydrogen) atoms. The third-order valence-electron chi connectivity index (χ3n) is 3.73. The van der Waals surface area contributed by atoms with Gasteiger partial charge < -0.3 is 20.5 Å². The summed E-state index contributed by atoms with van der Waals surface area (Å²) in [5.74, 6) is 0.450. The SMILES string of the molecule is COc1cc(NC(=O)C2(CN)CCOCC2)ccc1Cl. The van der Waals surface area contributed by atoms with Crippen LogP contribution in [0.1, 0.15) is 12.8 Å². The van der Waals surface area contributed by atoms with Gasteiger partial charge in [-0.15, -0.1) is 0 Å². The Kier molecular flexibility index (Phi) is 4.86. The highest BCUT2D eigenvalue weighted by atomic mass is 35.5. The molecule has 1 aromatic carbocycles. The van der Waals surface area contributed by atoms with E-state index in [-0.39, 0.29) is 5.91 Å². The Hall–Kier alpha value is -1.30. The minimum Gasteiger partial charge on any atom is -0.495 e. The van der Waals surface area contributed by atoms with Gasteiger partial charge in [0.1, 0.15) is 5.75 Å². The molecule has 0 aromatic heterocycles. The number of ether oxygens (including phenoxy) is 2. The molecule has 3 N–H and O–H groups in total. The first kappa shape index (κ1) is 15.1. The van der Waals surface area contributed by atoms with E-state index < -0.39 is 5.41 Å². The second-order valence-corrected chi connectivity index (χ2v) is 5.31. The average molecular weight is 299 g/mol. The first-order valence-electron chi connectivity index (χ1n) is 6.54. The topological polar surface area (TPSA) is 73.6 Å². The van der Waals surface area contributed by atoms with E-state index >= 15 is 0 Å². The maximum atomic E-state index is 12.5. The van der Waals surface area contributed by atoms with Crippen molar-refractivity contribution in [3.8, 4) is 5.75 Å². The van der Waals surface area contributed by atoms with Crippen LogP contribution in [0.5, 0.6) is 5.75 Å². The Morgan fingerprint density at radius 2 is 2.20 bits per heavy atom. The molecule has 0 bridgehead atoms. The molecule has 0 saturated carbocycles. The number of hydrogen-bond donors (Lipinski definition) is 2. The zero-order chi connectivity index (χ0) is 14.6. The molecule has 1 saturated heterocycles. The number of carbonyl (C=O) groups excluding carboxylic acids is 1. The van der Waals surface area contributed by atoms with Crippen molar-refractivity contribution in [3.63, 3.8) is 0 Å². The lowest BCUT2D eigenvalue weighted by Crippen LogP contribution is -2.46. The van der Waals surface area contributed by atoms with Crippen LogP contribution in [0.3, 0.4) is 0 Å². The van der Waals surface area contributed by atoms with Gasteiger partial charge in [-0.1, -0.05) is 11.6 Å². The Bertz CT molecular complexity index is 487. The van der Waals surface area contributed by atoms with E-state index in [1.54, 1.807) is 18.2 Å². The second kappa shape index (κ2) is 6.43. The molecule has 0 spiro atoms. The van der Waals surface area contributed by atoms with Crippen molar-refractivity contribution in [3.05, 3.63) is 23.2 Å². The molecule has 1 aromatic rings. The van der Waals surface area contributed by atoms with E-state index in [1.165, 1.54) is 7.11 Å². The Labute approximate surface area is 123 Å². The van der Waals surface area contributed by atoms with Gasteiger partial charge in [-0.3, -0.25) is 4.79 Å². The quantitative estimate of drug-likeness (QED) is 0.892. The van der Waals surface area contributed by atoms with Crippen molar-refractivity contribution in [1.29, 1.82) is 0 Å². The van der Waals surface area contributed by atoms with E-state index in [2.05, 4.69) is 5.32 Å². The van der Waals surface area contributed by atoms with Crippen LogP contribution in [0, 0.1) is 5.41 Å². The van der Waals surface area contributed by atoms with Gasteiger partial charge in [-0.25, -0.2) is 0 Å². The number of halogens is 1. The van der Waals surface area contributed by atoms with Gasteiger partial charge in [-0.2, -0.15) is 0 Å². The fourth-order valence-electron chi connectivity index (χ4n) is 2.29. The van der Waals surface area contributed by atoms with Crippen molar-refractivity contribution in [1.82, 2.24) is 0 Å². The number of nitrogens with one attached hydrogen (secondary N) is 1. The highest BCUT2D eigenvalue weighted by molar-refractivity contribution is 6.32. The van der Waals surface area contributed by atoms with Crippen LogP contribution in [-0.4, -0.2) is 32.8 Å². The highest BCUT2D eigenvalue weighted by Gasteiger charge is 2.38. The van der Waals surface area contributed by atoms with Crippen molar-refractivity contribution in [2.75, 3.05) is 32.2 Å². The standard InChI is InChI=1S/C14H19ClN2O3/c1-19-12-8-10(2-3-11(12)15)17-13(18)14(9-16)4-6-20-7-5-14/h2-3,8H,4-7,9,16H2,1H3,(H,17,18). The van der Waals surface area contributed by atoms with Crippen molar-refractivity contribution in [2.24, 2.45) is 11.1 Å². The Morgan fingerprint density at radius 3 is 2.80 bits per heavy atom. The predicted molar refractivity (Wildman–Crippen MR) is 78.2 cm³/mol.